The Balaban J connectivity index is 1.51. The number of para-hydroxylation sites is 3. The first-order valence-corrected chi connectivity index (χ1v) is 14.4. The monoisotopic (exact) mass is 568 g/mol. The van der Waals surface area contributed by atoms with Crippen LogP contribution in [0.15, 0.2) is 126 Å². The van der Waals surface area contributed by atoms with Crippen molar-refractivity contribution in [2.45, 2.75) is 26.4 Å². The summed E-state index contributed by atoms with van der Waals surface area (Å²) in [6.45, 7) is 4.54. The van der Waals surface area contributed by atoms with Gasteiger partial charge in [0.1, 0.15) is 11.6 Å². The number of carbonyl (C=O) groups is 1. The summed E-state index contributed by atoms with van der Waals surface area (Å²) in [4.78, 5) is 35.1. The molecule has 0 aliphatic rings. The third-order valence-corrected chi connectivity index (χ3v) is 7.54. The zero-order valence-corrected chi connectivity index (χ0v) is 24.1. The molecule has 1 unspecified atom stereocenters. The van der Waals surface area contributed by atoms with Crippen LogP contribution >= 0.6 is 0 Å². The van der Waals surface area contributed by atoms with Gasteiger partial charge in [-0.2, -0.15) is 0 Å². The number of hydrogen-bond donors (Lipinski definition) is 1. The first-order valence-electron chi connectivity index (χ1n) is 14.4. The van der Waals surface area contributed by atoms with Gasteiger partial charge in [0, 0.05) is 11.9 Å². The van der Waals surface area contributed by atoms with Crippen LogP contribution in [0.4, 0.5) is 10.5 Å². The fraction of sp³-hybridized carbons (Fsp3) is 0.139. The van der Waals surface area contributed by atoms with Crippen LogP contribution < -0.4 is 15.6 Å². The van der Waals surface area contributed by atoms with E-state index >= 15 is 0 Å². The molecular weight excluding hydrogens is 536 g/mol. The predicted molar refractivity (Wildman–Crippen MR) is 172 cm³/mol. The van der Waals surface area contributed by atoms with Crippen molar-refractivity contribution in [1.29, 1.82) is 0 Å². The Bertz CT molecular complexity index is 1960. The lowest BCUT2D eigenvalue weighted by Gasteiger charge is -2.31. The molecule has 1 heterocycles. The highest BCUT2D eigenvalue weighted by atomic mass is 16.5. The molecule has 214 valence electrons. The lowest BCUT2D eigenvalue weighted by atomic mass is 10.1. The fourth-order valence-corrected chi connectivity index (χ4v) is 5.41. The fourth-order valence-electron chi connectivity index (χ4n) is 5.41. The number of anilines is 1. The molecule has 0 radical (unpaired) electrons. The van der Waals surface area contributed by atoms with Gasteiger partial charge in [0.25, 0.3) is 5.56 Å². The van der Waals surface area contributed by atoms with Gasteiger partial charge in [-0.15, -0.1) is 0 Å². The summed E-state index contributed by atoms with van der Waals surface area (Å²) in [7, 11) is 0. The van der Waals surface area contributed by atoms with Crippen molar-refractivity contribution in [3.63, 3.8) is 0 Å². The maximum atomic E-state index is 14.2. The minimum atomic E-state index is -0.609. The summed E-state index contributed by atoms with van der Waals surface area (Å²) >= 11 is 0. The van der Waals surface area contributed by atoms with Gasteiger partial charge in [-0.05, 0) is 55.1 Å². The molecule has 7 nitrogen and oxygen atoms in total. The lowest BCUT2D eigenvalue weighted by Crippen LogP contribution is -2.39. The van der Waals surface area contributed by atoms with Crippen LogP contribution in [-0.2, 0) is 6.54 Å². The van der Waals surface area contributed by atoms with E-state index in [4.69, 9.17) is 9.72 Å². The van der Waals surface area contributed by atoms with Crippen LogP contribution in [0.3, 0.4) is 0 Å². The topological polar surface area (TPSA) is 76.5 Å². The summed E-state index contributed by atoms with van der Waals surface area (Å²) in [5.41, 5.74) is 2.57. The van der Waals surface area contributed by atoms with Crippen molar-refractivity contribution in [2.24, 2.45) is 0 Å². The Morgan fingerprint density at radius 2 is 1.51 bits per heavy atom. The summed E-state index contributed by atoms with van der Waals surface area (Å²) < 4.78 is 7.52. The highest BCUT2D eigenvalue weighted by Crippen LogP contribution is 2.30. The second kappa shape index (κ2) is 12.2. The number of amides is 2. The van der Waals surface area contributed by atoms with Gasteiger partial charge in [0.2, 0.25) is 0 Å². The molecule has 0 spiro atoms. The smallest absolute Gasteiger partial charge is 0.322 e. The minimum Gasteiger partial charge on any atom is -0.492 e. The SMILES string of the molecule is CCOc1ccccc1-n1c(C(C)N(Cc2ccccc2)C(=O)Nc2cccc3ccccc23)nc2ccccc2c1=O. The predicted octanol–water partition coefficient (Wildman–Crippen LogP) is 7.73. The average molecular weight is 569 g/mol. The van der Waals surface area contributed by atoms with Crippen LogP contribution in [0, 0.1) is 0 Å². The quantitative estimate of drug-likeness (QED) is 0.204. The summed E-state index contributed by atoms with van der Waals surface area (Å²) in [6, 6.07) is 37.4. The largest absolute Gasteiger partial charge is 0.492 e. The van der Waals surface area contributed by atoms with Gasteiger partial charge < -0.3 is 15.0 Å². The van der Waals surface area contributed by atoms with Gasteiger partial charge in [-0.3, -0.25) is 9.36 Å². The van der Waals surface area contributed by atoms with Crippen LogP contribution in [0.2, 0.25) is 0 Å². The molecule has 0 fully saturated rings. The molecule has 1 N–H and O–H groups in total. The zero-order chi connectivity index (χ0) is 29.8. The van der Waals surface area contributed by atoms with Gasteiger partial charge in [0.05, 0.1) is 34.9 Å². The van der Waals surface area contributed by atoms with Gasteiger partial charge in [-0.1, -0.05) is 91.0 Å². The number of rotatable bonds is 8. The van der Waals surface area contributed by atoms with Crippen molar-refractivity contribution in [2.75, 3.05) is 11.9 Å². The van der Waals surface area contributed by atoms with Crippen molar-refractivity contribution in [3.05, 3.63) is 143 Å². The highest BCUT2D eigenvalue weighted by molar-refractivity contribution is 6.01. The third kappa shape index (κ3) is 5.57. The van der Waals surface area contributed by atoms with E-state index in [0.717, 1.165) is 16.3 Å². The molecule has 1 aromatic heterocycles. The summed E-state index contributed by atoms with van der Waals surface area (Å²) in [5, 5.41) is 5.60. The van der Waals surface area contributed by atoms with E-state index in [2.05, 4.69) is 5.32 Å². The van der Waals surface area contributed by atoms with Crippen molar-refractivity contribution in [1.82, 2.24) is 14.5 Å². The van der Waals surface area contributed by atoms with Crippen LogP contribution in [-0.4, -0.2) is 27.1 Å². The lowest BCUT2D eigenvalue weighted by molar-refractivity contribution is 0.185. The summed E-state index contributed by atoms with van der Waals surface area (Å²) in [6.07, 6.45) is 0. The normalized spacial score (nSPS) is 11.8. The Labute approximate surface area is 250 Å². The van der Waals surface area contributed by atoms with Crippen molar-refractivity contribution < 1.29 is 9.53 Å². The van der Waals surface area contributed by atoms with Gasteiger partial charge >= 0.3 is 6.03 Å². The van der Waals surface area contributed by atoms with Gasteiger partial charge in [0.15, 0.2) is 0 Å². The number of fused-ring (bicyclic) bond motifs is 2. The van der Waals surface area contributed by atoms with E-state index in [1.165, 1.54) is 0 Å². The molecule has 2 amide bonds. The molecule has 1 atom stereocenters. The first-order chi connectivity index (χ1) is 21.0. The molecule has 0 aliphatic carbocycles. The minimum absolute atomic E-state index is 0.228. The second-order valence-corrected chi connectivity index (χ2v) is 10.3. The third-order valence-electron chi connectivity index (χ3n) is 7.54. The molecule has 0 bridgehead atoms. The molecule has 6 aromatic rings. The molecule has 43 heavy (non-hydrogen) atoms. The highest BCUT2D eigenvalue weighted by Gasteiger charge is 2.28. The molecule has 0 saturated carbocycles. The molecule has 0 aliphatic heterocycles. The zero-order valence-electron chi connectivity index (χ0n) is 24.1. The number of aromatic nitrogens is 2. The maximum absolute atomic E-state index is 14.2. The molecule has 0 saturated heterocycles. The summed E-state index contributed by atoms with van der Waals surface area (Å²) in [5.74, 6) is 0.993. The number of nitrogens with zero attached hydrogens (tertiary/aromatic N) is 3. The molecule has 5 aromatic carbocycles. The number of nitrogens with one attached hydrogen (secondary N) is 1. The number of ether oxygens (including phenoxy) is 1. The van der Waals surface area contributed by atoms with E-state index in [1.807, 2.05) is 129 Å². The Morgan fingerprint density at radius 1 is 0.837 bits per heavy atom. The second-order valence-electron chi connectivity index (χ2n) is 10.3. The average Bonchev–Trinajstić information content (AvgIpc) is 3.04. The van der Waals surface area contributed by atoms with Gasteiger partial charge in [-0.25, -0.2) is 9.78 Å². The van der Waals surface area contributed by atoms with E-state index < -0.39 is 6.04 Å². The molecule has 6 rings (SSSR count). The van der Waals surface area contributed by atoms with Crippen LogP contribution in [0.1, 0.15) is 31.3 Å². The van der Waals surface area contributed by atoms with Crippen LogP contribution in [0.5, 0.6) is 5.75 Å². The Morgan fingerprint density at radius 3 is 2.33 bits per heavy atom. The van der Waals surface area contributed by atoms with Crippen LogP contribution in [0.25, 0.3) is 27.4 Å². The van der Waals surface area contributed by atoms with E-state index in [9.17, 15) is 9.59 Å². The standard InChI is InChI=1S/C36H32N4O3/c1-3-43-33-23-12-11-22-32(33)40-34(37-31-20-10-9-19-29(31)35(40)41)25(2)39(24-26-14-5-4-6-15-26)36(42)38-30-21-13-17-27-16-7-8-18-28(27)30/h4-23,25H,3,24H2,1-2H3,(H,38,42). The maximum Gasteiger partial charge on any atom is 0.322 e. The molecular formula is C36H32N4O3. The van der Waals surface area contributed by atoms with E-state index in [1.54, 1.807) is 15.5 Å². The number of urea groups is 1. The van der Waals surface area contributed by atoms with Crippen molar-refractivity contribution in [3.8, 4) is 11.4 Å². The van der Waals surface area contributed by atoms with E-state index in [0.29, 0.717) is 47.0 Å². The van der Waals surface area contributed by atoms with E-state index in [-0.39, 0.29) is 11.6 Å². The first kappa shape index (κ1) is 27.7. The molecule has 7 heteroatoms. The van der Waals surface area contributed by atoms with Crippen molar-refractivity contribution >= 4 is 33.4 Å². The number of carbonyl (C=O) groups excluding carboxylic acids is 1. The Hall–Kier alpha value is -5.43. The number of benzene rings is 5. The number of hydrogen-bond acceptors (Lipinski definition) is 4. The Kier molecular flexibility index (Phi) is 7.87.